The minimum absolute atomic E-state index is 0.0565. The minimum Gasteiger partial charge on any atom is -0.399 e. The summed E-state index contributed by atoms with van der Waals surface area (Å²) in [5.74, 6) is 0.412. The molecule has 1 amide bonds. The molecule has 0 radical (unpaired) electrons. The number of likely N-dealkylation sites (tertiary alicyclic amines) is 1. The Morgan fingerprint density at radius 3 is 2.89 bits per heavy atom. The fraction of sp³-hybridized carbons (Fsp3) is 0.500. The largest absolute Gasteiger partial charge is 0.399 e. The van der Waals surface area contributed by atoms with E-state index in [0.717, 1.165) is 13.0 Å². The highest BCUT2D eigenvalue weighted by atomic mass is 35.5. The predicted molar refractivity (Wildman–Crippen MR) is 76.3 cm³/mol. The van der Waals surface area contributed by atoms with Crippen LogP contribution in [-0.4, -0.2) is 37.1 Å². The number of ether oxygens (including phenoxy) is 1. The zero-order chi connectivity index (χ0) is 14.0. The second-order valence-electron chi connectivity index (χ2n) is 5.03. The Morgan fingerprint density at radius 2 is 2.26 bits per heavy atom. The molecule has 4 nitrogen and oxygen atoms in total. The number of methoxy groups -OCH3 is 1. The van der Waals surface area contributed by atoms with Crippen molar-refractivity contribution in [2.24, 2.45) is 5.92 Å². The molecule has 1 saturated heterocycles. The Balaban J connectivity index is 2.15. The number of nitrogens with zero attached hydrogens (tertiary/aromatic N) is 1. The third kappa shape index (κ3) is 3.01. The van der Waals surface area contributed by atoms with Crippen molar-refractivity contribution in [3.63, 3.8) is 0 Å². The maximum Gasteiger partial charge on any atom is 0.255 e. The van der Waals surface area contributed by atoms with Gasteiger partial charge >= 0.3 is 0 Å². The van der Waals surface area contributed by atoms with Crippen LogP contribution >= 0.6 is 11.6 Å². The predicted octanol–water partition coefficient (Wildman–Crippen LogP) is 2.42. The Kier molecular flexibility index (Phi) is 4.32. The molecule has 104 valence electrons. The van der Waals surface area contributed by atoms with E-state index in [4.69, 9.17) is 22.1 Å². The molecule has 1 heterocycles. The second kappa shape index (κ2) is 5.80. The van der Waals surface area contributed by atoms with Crippen molar-refractivity contribution < 1.29 is 9.53 Å². The first-order valence-electron chi connectivity index (χ1n) is 6.40. The van der Waals surface area contributed by atoms with Crippen LogP contribution in [0.5, 0.6) is 0 Å². The van der Waals surface area contributed by atoms with E-state index in [1.165, 1.54) is 0 Å². The molecule has 0 saturated carbocycles. The third-order valence-corrected chi connectivity index (χ3v) is 4.02. The molecule has 2 unspecified atom stereocenters. The van der Waals surface area contributed by atoms with Gasteiger partial charge in [-0.15, -0.1) is 0 Å². The van der Waals surface area contributed by atoms with E-state index in [1.54, 1.807) is 30.2 Å². The maximum absolute atomic E-state index is 12.4. The summed E-state index contributed by atoms with van der Waals surface area (Å²) in [6.07, 6.45) is 1.03. The normalized spacial score (nSPS) is 23.4. The Hall–Kier alpha value is -1.26. The van der Waals surface area contributed by atoms with Gasteiger partial charge in [0.05, 0.1) is 16.7 Å². The number of nitrogens with two attached hydrogens (primary N) is 1. The lowest BCUT2D eigenvalue weighted by atomic mass is 9.95. The SMILES string of the molecule is COC1CN(C(=O)c2ccc(N)cc2Cl)CCC1C. The van der Waals surface area contributed by atoms with Crippen LogP contribution < -0.4 is 5.73 Å². The highest BCUT2D eigenvalue weighted by Crippen LogP contribution is 2.25. The minimum atomic E-state index is -0.0565. The molecule has 2 N–H and O–H groups in total. The monoisotopic (exact) mass is 282 g/mol. The van der Waals surface area contributed by atoms with Gasteiger partial charge in [0.2, 0.25) is 0 Å². The first-order chi connectivity index (χ1) is 9.02. The molecular formula is C14H19ClN2O2. The van der Waals surface area contributed by atoms with Crippen molar-refractivity contribution in [3.05, 3.63) is 28.8 Å². The number of halogens is 1. The highest BCUT2D eigenvalue weighted by Gasteiger charge is 2.29. The van der Waals surface area contributed by atoms with E-state index in [-0.39, 0.29) is 12.0 Å². The van der Waals surface area contributed by atoms with E-state index in [0.29, 0.717) is 28.7 Å². The molecule has 0 spiro atoms. The van der Waals surface area contributed by atoms with E-state index < -0.39 is 0 Å². The summed E-state index contributed by atoms with van der Waals surface area (Å²) in [5, 5.41) is 0.401. The summed E-state index contributed by atoms with van der Waals surface area (Å²) in [6, 6.07) is 4.98. The number of carbonyl (C=O) groups is 1. The molecule has 0 aromatic heterocycles. The van der Waals surface area contributed by atoms with Crippen LogP contribution in [0.3, 0.4) is 0 Å². The molecule has 2 rings (SSSR count). The molecule has 1 aliphatic heterocycles. The summed E-state index contributed by atoms with van der Waals surface area (Å²) < 4.78 is 5.42. The first kappa shape index (κ1) is 14.2. The number of nitrogen functional groups attached to an aromatic ring is 1. The third-order valence-electron chi connectivity index (χ3n) is 3.70. The highest BCUT2D eigenvalue weighted by molar-refractivity contribution is 6.34. The number of hydrogen-bond donors (Lipinski definition) is 1. The molecule has 0 bridgehead atoms. The van der Waals surface area contributed by atoms with Gasteiger partial charge in [0.15, 0.2) is 0 Å². The van der Waals surface area contributed by atoms with Gasteiger partial charge in [-0.25, -0.2) is 0 Å². The quantitative estimate of drug-likeness (QED) is 0.848. The van der Waals surface area contributed by atoms with E-state index in [1.807, 2.05) is 0 Å². The molecule has 1 aliphatic rings. The fourth-order valence-corrected chi connectivity index (χ4v) is 2.67. The Bertz CT molecular complexity index is 479. The van der Waals surface area contributed by atoms with Gasteiger partial charge in [0.25, 0.3) is 5.91 Å². The molecule has 5 heteroatoms. The average Bonchev–Trinajstić information content (AvgIpc) is 2.38. The van der Waals surface area contributed by atoms with Gasteiger partial charge in [-0.2, -0.15) is 0 Å². The first-order valence-corrected chi connectivity index (χ1v) is 6.77. The number of benzene rings is 1. The summed E-state index contributed by atoms with van der Waals surface area (Å²) in [4.78, 5) is 14.2. The molecule has 1 aromatic rings. The van der Waals surface area contributed by atoms with E-state index in [9.17, 15) is 4.79 Å². The van der Waals surface area contributed by atoms with Gasteiger partial charge in [0.1, 0.15) is 0 Å². The lowest BCUT2D eigenvalue weighted by Gasteiger charge is -2.36. The van der Waals surface area contributed by atoms with Gasteiger partial charge in [0, 0.05) is 25.9 Å². The topological polar surface area (TPSA) is 55.6 Å². The summed E-state index contributed by atoms with van der Waals surface area (Å²) >= 11 is 6.08. The fourth-order valence-electron chi connectivity index (χ4n) is 2.40. The van der Waals surface area contributed by atoms with Crippen LogP contribution in [-0.2, 0) is 4.74 Å². The lowest BCUT2D eigenvalue weighted by molar-refractivity contribution is -0.00155. The smallest absolute Gasteiger partial charge is 0.255 e. The standard InChI is InChI=1S/C14H19ClN2O2/c1-9-5-6-17(8-13(9)19-2)14(18)11-4-3-10(16)7-12(11)15/h3-4,7,9,13H,5-6,8,16H2,1-2H3. The molecule has 2 atom stereocenters. The Morgan fingerprint density at radius 1 is 1.53 bits per heavy atom. The number of rotatable bonds is 2. The molecular weight excluding hydrogens is 264 g/mol. The van der Waals surface area contributed by atoms with Crippen molar-refractivity contribution in [1.82, 2.24) is 4.90 Å². The van der Waals surface area contributed by atoms with Crippen molar-refractivity contribution >= 4 is 23.2 Å². The van der Waals surface area contributed by atoms with Crippen molar-refractivity contribution in [1.29, 1.82) is 0 Å². The number of hydrogen-bond acceptors (Lipinski definition) is 3. The molecule has 0 aliphatic carbocycles. The summed E-state index contributed by atoms with van der Waals surface area (Å²) in [6.45, 7) is 3.49. The van der Waals surface area contributed by atoms with Crippen LogP contribution in [0.15, 0.2) is 18.2 Å². The number of anilines is 1. The van der Waals surface area contributed by atoms with Crippen LogP contribution in [0.25, 0.3) is 0 Å². The lowest BCUT2D eigenvalue weighted by Crippen LogP contribution is -2.46. The van der Waals surface area contributed by atoms with Crippen molar-refractivity contribution in [3.8, 4) is 0 Å². The van der Waals surface area contributed by atoms with Crippen molar-refractivity contribution in [2.75, 3.05) is 25.9 Å². The average molecular weight is 283 g/mol. The summed E-state index contributed by atoms with van der Waals surface area (Å²) in [5.41, 5.74) is 6.70. The van der Waals surface area contributed by atoms with Crippen LogP contribution in [0.4, 0.5) is 5.69 Å². The maximum atomic E-state index is 12.4. The zero-order valence-electron chi connectivity index (χ0n) is 11.2. The van der Waals surface area contributed by atoms with Crippen LogP contribution in [0.1, 0.15) is 23.7 Å². The van der Waals surface area contributed by atoms with Gasteiger partial charge in [-0.05, 0) is 30.5 Å². The van der Waals surface area contributed by atoms with Crippen LogP contribution in [0.2, 0.25) is 5.02 Å². The number of amides is 1. The molecule has 19 heavy (non-hydrogen) atoms. The number of piperidine rings is 1. The number of carbonyl (C=O) groups excluding carboxylic acids is 1. The molecule has 1 aromatic carbocycles. The van der Waals surface area contributed by atoms with Gasteiger partial charge < -0.3 is 15.4 Å². The zero-order valence-corrected chi connectivity index (χ0v) is 12.0. The molecule has 1 fully saturated rings. The second-order valence-corrected chi connectivity index (χ2v) is 5.44. The van der Waals surface area contributed by atoms with Gasteiger partial charge in [-0.1, -0.05) is 18.5 Å². The van der Waals surface area contributed by atoms with E-state index in [2.05, 4.69) is 6.92 Å². The van der Waals surface area contributed by atoms with Crippen LogP contribution in [0, 0.1) is 5.92 Å². The van der Waals surface area contributed by atoms with Gasteiger partial charge in [-0.3, -0.25) is 4.79 Å². The van der Waals surface area contributed by atoms with E-state index >= 15 is 0 Å². The summed E-state index contributed by atoms with van der Waals surface area (Å²) in [7, 11) is 1.69. The Labute approximate surface area is 118 Å². The van der Waals surface area contributed by atoms with Crippen molar-refractivity contribution in [2.45, 2.75) is 19.4 Å².